The fourth-order valence-electron chi connectivity index (χ4n) is 5.64. The summed E-state index contributed by atoms with van der Waals surface area (Å²) in [6.07, 6.45) is 1.69. The molecule has 1 aliphatic heterocycles. The molecule has 8 nitrogen and oxygen atoms in total. The van der Waals surface area contributed by atoms with Crippen molar-refractivity contribution in [1.29, 1.82) is 0 Å². The molecule has 0 aliphatic carbocycles. The highest BCUT2D eigenvalue weighted by atomic mass is 16.5. The first-order valence-electron chi connectivity index (χ1n) is 15.5. The lowest BCUT2D eigenvalue weighted by Gasteiger charge is -2.26. The van der Waals surface area contributed by atoms with Gasteiger partial charge in [0, 0.05) is 5.69 Å². The van der Waals surface area contributed by atoms with Gasteiger partial charge in [0.1, 0.15) is 12.2 Å². The molecule has 0 N–H and O–H groups in total. The second-order valence-corrected chi connectivity index (χ2v) is 11.2. The van der Waals surface area contributed by atoms with Crippen molar-refractivity contribution in [2.45, 2.75) is 46.3 Å². The highest BCUT2D eigenvalue weighted by Gasteiger charge is 2.44. The molecule has 6 rings (SSSR count). The first-order valence-corrected chi connectivity index (χ1v) is 15.5. The van der Waals surface area contributed by atoms with E-state index in [0.29, 0.717) is 59.1 Å². The Labute approximate surface area is 267 Å². The maximum Gasteiger partial charge on any atom is 0.338 e. The molecule has 5 aromatic rings. The van der Waals surface area contributed by atoms with Crippen LogP contribution in [0.1, 0.15) is 75.9 Å². The highest BCUT2D eigenvalue weighted by molar-refractivity contribution is 6.11. The second kappa shape index (κ2) is 13.3. The van der Waals surface area contributed by atoms with Crippen molar-refractivity contribution in [2.24, 2.45) is 0 Å². The van der Waals surface area contributed by atoms with Gasteiger partial charge in [-0.25, -0.2) is 4.79 Å². The molecular formula is C38H35NO7. The van der Waals surface area contributed by atoms with Crippen LogP contribution in [0.3, 0.4) is 0 Å². The maximum atomic E-state index is 14.1. The molecule has 1 unspecified atom stereocenters. The lowest BCUT2D eigenvalue weighted by Crippen LogP contribution is -2.29. The Morgan fingerprint density at radius 2 is 1.65 bits per heavy atom. The van der Waals surface area contributed by atoms with Gasteiger partial charge in [0.05, 0.1) is 35.8 Å². The molecule has 2 heterocycles. The van der Waals surface area contributed by atoms with Crippen LogP contribution in [0.5, 0.6) is 11.5 Å². The Hall–Kier alpha value is -5.37. The maximum absolute atomic E-state index is 14.1. The molecule has 0 saturated carbocycles. The highest BCUT2D eigenvalue weighted by Crippen LogP contribution is 2.43. The molecule has 1 atom stereocenters. The van der Waals surface area contributed by atoms with Gasteiger partial charge in [-0.15, -0.1) is 0 Å². The number of rotatable bonds is 11. The molecule has 1 aliphatic rings. The van der Waals surface area contributed by atoms with Crippen molar-refractivity contribution in [2.75, 3.05) is 18.1 Å². The average molecular weight is 618 g/mol. The summed E-state index contributed by atoms with van der Waals surface area (Å²) in [7, 11) is 0. The van der Waals surface area contributed by atoms with Crippen LogP contribution in [0.15, 0.2) is 100 Å². The number of ether oxygens (including phenoxy) is 3. The standard InChI is InChI=1S/C38H35NO7/c1-4-6-20-44-38(42)26-13-16-28(17-14-26)39-34(33-35(40)29-21-24(3)12-18-30(29)46-36(33)37(39)41)27-15-19-31(32(22-27)43-5-2)45-23-25-10-8-7-9-11-25/h7-19,21-22,34H,4-6,20,23H2,1-3H3. The normalized spacial score (nSPS) is 13.9. The van der Waals surface area contributed by atoms with Gasteiger partial charge in [-0.1, -0.05) is 61.4 Å². The molecule has 234 valence electrons. The molecular weight excluding hydrogens is 582 g/mol. The number of amides is 1. The van der Waals surface area contributed by atoms with E-state index < -0.39 is 17.9 Å². The van der Waals surface area contributed by atoms with Crippen molar-refractivity contribution in [1.82, 2.24) is 0 Å². The third kappa shape index (κ3) is 5.98. The van der Waals surface area contributed by atoms with Gasteiger partial charge in [0.25, 0.3) is 5.91 Å². The molecule has 1 amide bonds. The minimum Gasteiger partial charge on any atom is -0.490 e. The number of carbonyl (C=O) groups excluding carboxylic acids is 2. The molecule has 0 bridgehead atoms. The predicted molar refractivity (Wildman–Crippen MR) is 176 cm³/mol. The molecule has 0 fully saturated rings. The van der Waals surface area contributed by atoms with Crippen molar-refractivity contribution < 1.29 is 28.2 Å². The van der Waals surface area contributed by atoms with E-state index in [1.807, 2.05) is 69.3 Å². The van der Waals surface area contributed by atoms with Crippen LogP contribution in [0, 0.1) is 6.92 Å². The van der Waals surface area contributed by atoms with Crippen molar-refractivity contribution in [3.63, 3.8) is 0 Å². The Morgan fingerprint density at radius 1 is 0.870 bits per heavy atom. The fraction of sp³-hybridized carbons (Fsp3) is 0.237. The number of aryl methyl sites for hydroxylation is 1. The van der Waals surface area contributed by atoms with E-state index in [2.05, 4.69) is 0 Å². The van der Waals surface area contributed by atoms with Gasteiger partial charge >= 0.3 is 5.97 Å². The third-order valence-corrected chi connectivity index (χ3v) is 7.96. The van der Waals surface area contributed by atoms with Gasteiger partial charge < -0.3 is 18.6 Å². The Kier molecular flexibility index (Phi) is 8.88. The van der Waals surface area contributed by atoms with E-state index in [0.717, 1.165) is 24.0 Å². The average Bonchev–Trinajstić information content (AvgIpc) is 3.37. The Morgan fingerprint density at radius 3 is 2.39 bits per heavy atom. The molecule has 8 heteroatoms. The van der Waals surface area contributed by atoms with Crippen molar-refractivity contribution >= 4 is 28.5 Å². The molecule has 46 heavy (non-hydrogen) atoms. The van der Waals surface area contributed by atoms with E-state index in [-0.39, 0.29) is 16.8 Å². The largest absolute Gasteiger partial charge is 0.490 e. The summed E-state index contributed by atoms with van der Waals surface area (Å²) in [4.78, 5) is 42.4. The monoisotopic (exact) mass is 617 g/mol. The number of carbonyl (C=O) groups is 2. The quantitative estimate of drug-likeness (QED) is 0.110. The van der Waals surface area contributed by atoms with E-state index in [9.17, 15) is 14.4 Å². The summed E-state index contributed by atoms with van der Waals surface area (Å²) in [5.41, 5.74) is 3.72. The van der Waals surface area contributed by atoms with Crippen LogP contribution >= 0.6 is 0 Å². The number of hydrogen-bond acceptors (Lipinski definition) is 7. The SMILES string of the molecule is CCCCOC(=O)c1ccc(N2C(=O)c3oc4ccc(C)cc4c(=O)c3C2c2ccc(OCc3ccccc3)c(OCC)c2)cc1. The van der Waals surface area contributed by atoms with Gasteiger partial charge in [-0.05, 0) is 79.9 Å². The minimum atomic E-state index is -0.826. The number of esters is 1. The van der Waals surface area contributed by atoms with E-state index in [4.69, 9.17) is 18.6 Å². The van der Waals surface area contributed by atoms with Gasteiger partial charge in [-0.3, -0.25) is 14.5 Å². The summed E-state index contributed by atoms with van der Waals surface area (Å²) in [5, 5.41) is 0.399. The van der Waals surface area contributed by atoms with Crippen molar-refractivity contribution in [3.8, 4) is 11.5 Å². The Bertz CT molecular complexity index is 1950. The van der Waals surface area contributed by atoms with Crippen LogP contribution in [-0.4, -0.2) is 25.1 Å². The van der Waals surface area contributed by atoms with E-state index in [1.165, 1.54) is 4.90 Å². The zero-order valence-electron chi connectivity index (χ0n) is 26.1. The van der Waals surface area contributed by atoms with Gasteiger partial charge in [0.2, 0.25) is 5.76 Å². The van der Waals surface area contributed by atoms with Crippen LogP contribution in [0.2, 0.25) is 0 Å². The number of nitrogens with zero attached hydrogens (tertiary/aromatic N) is 1. The lowest BCUT2D eigenvalue weighted by atomic mass is 9.97. The molecule has 1 aromatic heterocycles. The first kappa shape index (κ1) is 30.6. The minimum absolute atomic E-state index is 0.0169. The summed E-state index contributed by atoms with van der Waals surface area (Å²) in [6, 6.07) is 26.4. The summed E-state index contributed by atoms with van der Waals surface area (Å²) >= 11 is 0. The summed E-state index contributed by atoms with van der Waals surface area (Å²) in [5.74, 6) is 0.121. The zero-order chi connectivity index (χ0) is 32.2. The molecule has 4 aromatic carbocycles. The fourth-order valence-corrected chi connectivity index (χ4v) is 5.64. The molecule has 0 saturated heterocycles. The summed E-state index contributed by atoms with van der Waals surface area (Å²) in [6.45, 7) is 6.88. The third-order valence-electron chi connectivity index (χ3n) is 7.96. The van der Waals surface area contributed by atoms with E-state index in [1.54, 1.807) is 42.5 Å². The van der Waals surface area contributed by atoms with Crippen LogP contribution < -0.4 is 19.8 Å². The summed E-state index contributed by atoms with van der Waals surface area (Å²) < 4.78 is 23.6. The van der Waals surface area contributed by atoms with Crippen LogP contribution in [0.4, 0.5) is 5.69 Å². The number of anilines is 1. The second-order valence-electron chi connectivity index (χ2n) is 11.2. The van der Waals surface area contributed by atoms with E-state index >= 15 is 0 Å². The predicted octanol–water partition coefficient (Wildman–Crippen LogP) is 7.79. The number of unbranched alkanes of at least 4 members (excludes halogenated alkanes) is 1. The number of fused-ring (bicyclic) bond motifs is 2. The Balaban J connectivity index is 1.44. The van der Waals surface area contributed by atoms with Crippen LogP contribution in [-0.2, 0) is 11.3 Å². The topological polar surface area (TPSA) is 95.3 Å². The molecule has 0 radical (unpaired) electrons. The first-order chi connectivity index (χ1) is 22.4. The lowest BCUT2D eigenvalue weighted by molar-refractivity contribution is 0.0499. The molecule has 0 spiro atoms. The number of benzene rings is 4. The van der Waals surface area contributed by atoms with Crippen molar-refractivity contribution in [3.05, 3.63) is 135 Å². The van der Waals surface area contributed by atoms with Crippen LogP contribution in [0.25, 0.3) is 11.0 Å². The smallest absolute Gasteiger partial charge is 0.338 e. The van der Waals surface area contributed by atoms with Gasteiger partial charge in [-0.2, -0.15) is 0 Å². The number of hydrogen-bond donors (Lipinski definition) is 0. The zero-order valence-corrected chi connectivity index (χ0v) is 26.1. The van der Waals surface area contributed by atoms with Gasteiger partial charge in [0.15, 0.2) is 16.9 Å².